The van der Waals surface area contributed by atoms with E-state index in [0.29, 0.717) is 18.2 Å². The van der Waals surface area contributed by atoms with Gasteiger partial charge in [0.05, 0.1) is 0 Å². The molecule has 19 heavy (non-hydrogen) atoms. The molecule has 1 atom stereocenters. The molecule has 0 radical (unpaired) electrons. The van der Waals surface area contributed by atoms with E-state index in [-0.39, 0.29) is 17.9 Å². The summed E-state index contributed by atoms with van der Waals surface area (Å²) in [6, 6.07) is 1.52. The molecule has 1 aromatic heterocycles. The fraction of sp³-hybridized carbons (Fsp3) is 0.583. The first-order chi connectivity index (χ1) is 9.02. The first kappa shape index (κ1) is 13.5. The Kier molecular flexibility index (Phi) is 3.84. The molecule has 104 valence electrons. The molecular formula is C12H20N6O. The van der Waals surface area contributed by atoms with Crippen molar-refractivity contribution in [2.45, 2.75) is 32.7 Å². The van der Waals surface area contributed by atoms with Crippen LogP contribution in [0.3, 0.4) is 0 Å². The van der Waals surface area contributed by atoms with Gasteiger partial charge in [-0.05, 0) is 6.92 Å². The lowest BCUT2D eigenvalue weighted by Gasteiger charge is -2.34. The van der Waals surface area contributed by atoms with E-state index < -0.39 is 0 Å². The van der Waals surface area contributed by atoms with Gasteiger partial charge in [-0.25, -0.2) is 15.8 Å². The van der Waals surface area contributed by atoms with E-state index in [1.165, 1.54) is 0 Å². The third-order valence-electron chi connectivity index (χ3n) is 3.19. The largest absolute Gasteiger partial charge is 0.353 e. The average molecular weight is 264 g/mol. The molecule has 0 spiro atoms. The number of carbonyl (C=O) groups excluding carboxylic acids is 1. The van der Waals surface area contributed by atoms with Crippen molar-refractivity contribution >= 4 is 17.5 Å². The highest BCUT2D eigenvalue weighted by Gasteiger charge is 2.27. The summed E-state index contributed by atoms with van der Waals surface area (Å²) in [4.78, 5) is 22.5. The summed E-state index contributed by atoms with van der Waals surface area (Å²) in [7, 11) is 0. The molecule has 1 aliphatic rings. The summed E-state index contributed by atoms with van der Waals surface area (Å²) < 4.78 is 0. The Morgan fingerprint density at radius 2 is 2.26 bits per heavy atom. The van der Waals surface area contributed by atoms with Crippen molar-refractivity contribution in [2.24, 2.45) is 5.84 Å². The van der Waals surface area contributed by atoms with E-state index in [9.17, 15) is 4.79 Å². The monoisotopic (exact) mass is 264 g/mol. The fourth-order valence-corrected chi connectivity index (χ4v) is 2.03. The van der Waals surface area contributed by atoms with E-state index in [0.717, 1.165) is 12.4 Å². The van der Waals surface area contributed by atoms with Crippen molar-refractivity contribution in [3.63, 3.8) is 0 Å². The highest BCUT2D eigenvalue weighted by molar-refractivity contribution is 5.85. The molecule has 0 aromatic carbocycles. The summed E-state index contributed by atoms with van der Waals surface area (Å²) in [5.74, 6) is 7.65. The van der Waals surface area contributed by atoms with Gasteiger partial charge in [0.2, 0.25) is 5.91 Å². The summed E-state index contributed by atoms with van der Waals surface area (Å²) in [6.45, 7) is 7.25. The molecular weight excluding hydrogens is 244 g/mol. The Labute approximate surface area is 112 Å². The Bertz CT molecular complexity index is 475. The van der Waals surface area contributed by atoms with Gasteiger partial charge in [-0.1, -0.05) is 13.8 Å². The van der Waals surface area contributed by atoms with Gasteiger partial charge in [0.25, 0.3) is 0 Å². The second-order valence-electron chi connectivity index (χ2n) is 4.93. The van der Waals surface area contributed by atoms with Crippen LogP contribution in [-0.4, -0.2) is 35.0 Å². The number of rotatable bonds is 3. The van der Waals surface area contributed by atoms with E-state index in [1.54, 1.807) is 6.07 Å². The van der Waals surface area contributed by atoms with Gasteiger partial charge in [0, 0.05) is 25.1 Å². The van der Waals surface area contributed by atoms with Crippen LogP contribution in [0, 0.1) is 0 Å². The van der Waals surface area contributed by atoms with Crippen LogP contribution in [0.1, 0.15) is 32.5 Å². The first-order valence-electron chi connectivity index (χ1n) is 6.43. The van der Waals surface area contributed by atoms with E-state index in [1.807, 2.05) is 25.7 Å². The number of nitrogens with two attached hydrogens (primary N) is 1. The summed E-state index contributed by atoms with van der Waals surface area (Å²) in [5.41, 5.74) is 2.55. The van der Waals surface area contributed by atoms with Gasteiger partial charge in [-0.2, -0.15) is 0 Å². The van der Waals surface area contributed by atoms with Crippen LogP contribution < -0.4 is 21.5 Å². The molecule has 1 aromatic rings. The van der Waals surface area contributed by atoms with Crippen LogP contribution in [0.5, 0.6) is 0 Å². The smallest absolute Gasteiger partial charge is 0.242 e. The Hall–Kier alpha value is -1.89. The van der Waals surface area contributed by atoms with Gasteiger partial charge in [0.1, 0.15) is 23.5 Å². The molecule has 1 aliphatic heterocycles. The van der Waals surface area contributed by atoms with Gasteiger partial charge < -0.3 is 15.6 Å². The van der Waals surface area contributed by atoms with Crippen molar-refractivity contribution in [3.8, 4) is 0 Å². The maximum atomic E-state index is 11.7. The lowest BCUT2D eigenvalue weighted by Crippen LogP contribution is -2.54. The van der Waals surface area contributed by atoms with Crippen molar-refractivity contribution < 1.29 is 4.79 Å². The lowest BCUT2D eigenvalue weighted by molar-refractivity contribution is -0.122. The Morgan fingerprint density at radius 3 is 2.89 bits per heavy atom. The van der Waals surface area contributed by atoms with E-state index in [4.69, 9.17) is 5.84 Å². The van der Waals surface area contributed by atoms with Crippen LogP contribution in [0.25, 0.3) is 0 Å². The van der Waals surface area contributed by atoms with Crippen LogP contribution >= 0.6 is 0 Å². The molecule has 2 heterocycles. The van der Waals surface area contributed by atoms with Crippen LogP contribution in [0.15, 0.2) is 6.07 Å². The average Bonchev–Trinajstić information content (AvgIpc) is 2.41. The maximum Gasteiger partial charge on any atom is 0.242 e. The number of nitrogen functional groups attached to an aromatic ring is 1. The third-order valence-corrected chi connectivity index (χ3v) is 3.19. The maximum absolute atomic E-state index is 11.7. The molecule has 7 nitrogen and oxygen atoms in total. The minimum Gasteiger partial charge on any atom is -0.353 e. The second kappa shape index (κ2) is 5.40. The first-order valence-corrected chi connectivity index (χ1v) is 6.43. The topological polar surface area (TPSA) is 96.2 Å². The van der Waals surface area contributed by atoms with Crippen molar-refractivity contribution in [2.75, 3.05) is 23.4 Å². The minimum absolute atomic E-state index is 0.0122. The number of aromatic nitrogens is 2. The van der Waals surface area contributed by atoms with Gasteiger partial charge >= 0.3 is 0 Å². The number of hydrogen-bond acceptors (Lipinski definition) is 6. The van der Waals surface area contributed by atoms with Crippen molar-refractivity contribution in [1.29, 1.82) is 0 Å². The van der Waals surface area contributed by atoms with Crippen LogP contribution in [0.4, 0.5) is 11.6 Å². The van der Waals surface area contributed by atoms with Crippen LogP contribution in [0.2, 0.25) is 0 Å². The number of piperazine rings is 1. The minimum atomic E-state index is -0.241. The number of carbonyl (C=O) groups is 1. The normalized spacial score (nSPS) is 19.5. The molecule has 1 saturated heterocycles. The molecule has 1 amide bonds. The lowest BCUT2D eigenvalue weighted by atomic mass is 10.2. The zero-order chi connectivity index (χ0) is 14.0. The second-order valence-corrected chi connectivity index (χ2v) is 4.93. The van der Waals surface area contributed by atoms with E-state index >= 15 is 0 Å². The van der Waals surface area contributed by atoms with Gasteiger partial charge in [-0.15, -0.1) is 0 Å². The molecule has 0 bridgehead atoms. The number of amides is 1. The Balaban J connectivity index is 2.37. The SMILES string of the molecule is CC(C)c1nc(NN)cc(N2CCNC(=O)C2C)n1. The molecule has 0 aliphatic carbocycles. The fourth-order valence-electron chi connectivity index (χ4n) is 2.03. The number of hydrogen-bond donors (Lipinski definition) is 3. The zero-order valence-electron chi connectivity index (χ0n) is 11.5. The van der Waals surface area contributed by atoms with Crippen LogP contribution in [-0.2, 0) is 4.79 Å². The molecule has 4 N–H and O–H groups in total. The molecule has 1 fully saturated rings. The third kappa shape index (κ3) is 2.76. The highest BCUT2D eigenvalue weighted by atomic mass is 16.2. The highest BCUT2D eigenvalue weighted by Crippen LogP contribution is 2.22. The number of nitrogens with one attached hydrogen (secondary N) is 2. The van der Waals surface area contributed by atoms with Gasteiger partial charge in [0.15, 0.2) is 0 Å². The summed E-state index contributed by atoms with van der Waals surface area (Å²) in [5, 5.41) is 2.83. The quantitative estimate of drug-likeness (QED) is 0.533. The van der Waals surface area contributed by atoms with E-state index in [2.05, 4.69) is 20.7 Å². The molecule has 2 rings (SSSR count). The molecule has 1 unspecified atom stereocenters. The zero-order valence-corrected chi connectivity index (χ0v) is 11.5. The Morgan fingerprint density at radius 1 is 1.53 bits per heavy atom. The number of anilines is 2. The summed E-state index contributed by atoms with van der Waals surface area (Å²) in [6.07, 6.45) is 0. The molecule has 0 saturated carbocycles. The number of nitrogens with zero attached hydrogens (tertiary/aromatic N) is 3. The predicted molar refractivity (Wildman–Crippen MR) is 73.7 cm³/mol. The standard InChI is InChI=1S/C12H20N6O/c1-7(2)11-15-9(17-13)6-10(16-11)18-5-4-14-12(19)8(18)3/h6-8H,4-5,13H2,1-3H3,(H,14,19)(H,15,16,17). The predicted octanol–water partition coefficient (Wildman–Crippen LogP) is 0.210. The van der Waals surface area contributed by atoms with Crippen molar-refractivity contribution in [3.05, 3.63) is 11.9 Å². The van der Waals surface area contributed by atoms with Crippen molar-refractivity contribution in [1.82, 2.24) is 15.3 Å². The number of hydrazine groups is 1. The van der Waals surface area contributed by atoms with Gasteiger partial charge in [-0.3, -0.25) is 4.79 Å². The molecule has 7 heteroatoms. The summed E-state index contributed by atoms with van der Waals surface area (Å²) >= 11 is 0.